The van der Waals surface area contributed by atoms with Gasteiger partial charge in [0.25, 0.3) is 0 Å². The molecule has 2 aromatic rings. The molecule has 1 unspecified atom stereocenters. The smallest absolute Gasteiger partial charge is 0.194 e. The third kappa shape index (κ3) is 3.30. The lowest BCUT2D eigenvalue weighted by atomic mass is 9.97. The van der Waals surface area contributed by atoms with Gasteiger partial charge in [-0.15, -0.1) is 0 Å². The van der Waals surface area contributed by atoms with Gasteiger partial charge in [-0.2, -0.15) is 0 Å². The van der Waals surface area contributed by atoms with Gasteiger partial charge in [-0.1, -0.05) is 41.1 Å². The molecule has 0 aromatic heterocycles. The van der Waals surface area contributed by atoms with E-state index in [1.807, 2.05) is 32.0 Å². The van der Waals surface area contributed by atoms with Gasteiger partial charge in [0.2, 0.25) is 0 Å². The van der Waals surface area contributed by atoms with E-state index in [1.165, 1.54) is 6.07 Å². The number of hydrogen-bond donors (Lipinski definition) is 1. The number of aryl methyl sites for hydroxylation is 1. The summed E-state index contributed by atoms with van der Waals surface area (Å²) in [6.45, 7) is 4.37. The minimum absolute atomic E-state index is 0.0894. The van der Waals surface area contributed by atoms with Gasteiger partial charge in [0, 0.05) is 10.0 Å². The Labute approximate surface area is 130 Å². The Balaban J connectivity index is 2.53. The molecule has 112 valence electrons. The summed E-state index contributed by atoms with van der Waals surface area (Å²) < 4.78 is 41.5. The lowest BCUT2D eigenvalue weighted by Gasteiger charge is -2.20. The lowest BCUT2D eigenvalue weighted by Crippen LogP contribution is -2.23. The highest BCUT2D eigenvalue weighted by molar-refractivity contribution is 9.10. The van der Waals surface area contributed by atoms with E-state index in [0.29, 0.717) is 6.54 Å². The molecule has 21 heavy (non-hydrogen) atoms. The Hall–Kier alpha value is -1.33. The number of hydrogen-bond acceptors (Lipinski definition) is 1. The first-order chi connectivity index (χ1) is 9.95. The van der Waals surface area contributed by atoms with Crippen LogP contribution < -0.4 is 5.32 Å². The predicted octanol–water partition coefficient (Wildman–Crippen LogP) is 4.87. The van der Waals surface area contributed by atoms with Gasteiger partial charge < -0.3 is 5.32 Å². The maximum Gasteiger partial charge on any atom is 0.194 e. The molecular weight excluding hydrogens is 343 g/mol. The SMILES string of the molecule is CCNC(c1ccc(C)c(Br)c1)c1ccc(F)c(F)c1F. The van der Waals surface area contributed by atoms with Crippen LogP contribution >= 0.6 is 15.9 Å². The number of rotatable bonds is 4. The number of benzene rings is 2. The molecule has 1 atom stereocenters. The Morgan fingerprint density at radius 3 is 2.43 bits per heavy atom. The molecule has 2 aromatic carbocycles. The summed E-state index contributed by atoms with van der Waals surface area (Å²) in [5.41, 5.74) is 1.91. The second-order valence-corrected chi connectivity index (χ2v) is 5.62. The predicted molar refractivity (Wildman–Crippen MR) is 80.7 cm³/mol. The normalized spacial score (nSPS) is 12.5. The monoisotopic (exact) mass is 357 g/mol. The molecule has 0 radical (unpaired) electrons. The molecule has 5 heteroatoms. The van der Waals surface area contributed by atoms with Gasteiger partial charge in [0.05, 0.1) is 6.04 Å². The molecule has 0 bridgehead atoms. The van der Waals surface area contributed by atoms with Crippen LogP contribution in [0.3, 0.4) is 0 Å². The maximum absolute atomic E-state index is 14.0. The molecule has 0 aliphatic heterocycles. The summed E-state index contributed by atoms with van der Waals surface area (Å²) in [7, 11) is 0. The molecule has 0 aliphatic carbocycles. The number of nitrogens with one attached hydrogen (secondary N) is 1. The van der Waals surface area contributed by atoms with Crippen LogP contribution in [0.15, 0.2) is 34.8 Å². The van der Waals surface area contributed by atoms with Crippen molar-refractivity contribution in [3.63, 3.8) is 0 Å². The van der Waals surface area contributed by atoms with E-state index in [4.69, 9.17) is 0 Å². The Bertz CT molecular complexity index is 658. The van der Waals surface area contributed by atoms with Gasteiger partial charge in [0.15, 0.2) is 17.5 Å². The van der Waals surface area contributed by atoms with Crippen LogP contribution in [-0.2, 0) is 0 Å². The summed E-state index contributed by atoms with van der Waals surface area (Å²) in [5, 5.41) is 3.10. The van der Waals surface area contributed by atoms with Crippen LogP contribution in [0.4, 0.5) is 13.2 Å². The third-order valence-corrected chi connectivity index (χ3v) is 4.17. The third-order valence-electron chi connectivity index (χ3n) is 3.31. The van der Waals surface area contributed by atoms with E-state index in [9.17, 15) is 13.2 Å². The zero-order chi connectivity index (χ0) is 15.6. The van der Waals surface area contributed by atoms with Crippen molar-refractivity contribution in [2.45, 2.75) is 19.9 Å². The van der Waals surface area contributed by atoms with Gasteiger partial charge in [-0.05, 0) is 36.7 Å². The summed E-state index contributed by atoms with van der Waals surface area (Å²) in [4.78, 5) is 0. The van der Waals surface area contributed by atoms with Gasteiger partial charge in [-0.25, -0.2) is 13.2 Å². The molecule has 1 nitrogen and oxygen atoms in total. The van der Waals surface area contributed by atoms with Crippen molar-refractivity contribution in [1.29, 1.82) is 0 Å². The van der Waals surface area contributed by atoms with Crippen LogP contribution in [0.25, 0.3) is 0 Å². The first-order valence-corrected chi connectivity index (χ1v) is 7.37. The van der Waals surface area contributed by atoms with E-state index in [0.717, 1.165) is 21.7 Å². The topological polar surface area (TPSA) is 12.0 Å². The fourth-order valence-corrected chi connectivity index (χ4v) is 2.56. The van der Waals surface area contributed by atoms with Crippen molar-refractivity contribution < 1.29 is 13.2 Å². The second kappa shape index (κ2) is 6.62. The van der Waals surface area contributed by atoms with E-state index >= 15 is 0 Å². The molecule has 0 spiro atoms. The van der Waals surface area contributed by atoms with Gasteiger partial charge in [-0.3, -0.25) is 0 Å². The molecule has 0 heterocycles. The zero-order valence-corrected chi connectivity index (χ0v) is 13.3. The largest absolute Gasteiger partial charge is 0.306 e. The van der Waals surface area contributed by atoms with E-state index in [2.05, 4.69) is 21.2 Å². The highest BCUT2D eigenvalue weighted by Gasteiger charge is 2.22. The summed E-state index contributed by atoms with van der Waals surface area (Å²) >= 11 is 3.43. The molecule has 0 saturated carbocycles. The summed E-state index contributed by atoms with van der Waals surface area (Å²) in [6.07, 6.45) is 0. The van der Waals surface area contributed by atoms with Crippen molar-refractivity contribution in [2.75, 3.05) is 6.54 Å². The van der Waals surface area contributed by atoms with Crippen molar-refractivity contribution >= 4 is 15.9 Å². The van der Waals surface area contributed by atoms with Crippen molar-refractivity contribution in [3.05, 3.63) is 68.9 Å². The average Bonchev–Trinajstić information content (AvgIpc) is 2.46. The molecule has 2 rings (SSSR count). The molecule has 0 fully saturated rings. The molecule has 0 aliphatic rings. The van der Waals surface area contributed by atoms with E-state index in [1.54, 1.807) is 0 Å². The highest BCUT2D eigenvalue weighted by Crippen LogP contribution is 2.29. The molecule has 0 saturated heterocycles. The fourth-order valence-electron chi connectivity index (χ4n) is 2.16. The Kier molecular flexibility index (Phi) is 5.06. The summed E-state index contributed by atoms with van der Waals surface area (Å²) in [6, 6.07) is 7.26. The zero-order valence-electron chi connectivity index (χ0n) is 11.7. The lowest BCUT2D eigenvalue weighted by molar-refractivity contribution is 0.433. The van der Waals surface area contributed by atoms with Crippen LogP contribution in [0.5, 0.6) is 0 Å². The van der Waals surface area contributed by atoms with Crippen LogP contribution in [0.2, 0.25) is 0 Å². The first kappa shape index (κ1) is 16.0. The average molecular weight is 358 g/mol. The van der Waals surface area contributed by atoms with Crippen molar-refractivity contribution in [2.24, 2.45) is 0 Å². The van der Waals surface area contributed by atoms with Crippen molar-refractivity contribution in [1.82, 2.24) is 5.32 Å². The second-order valence-electron chi connectivity index (χ2n) is 4.76. The van der Waals surface area contributed by atoms with Gasteiger partial charge in [0.1, 0.15) is 0 Å². The van der Waals surface area contributed by atoms with Crippen LogP contribution in [0.1, 0.15) is 29.7 Å². The van der Waals surface area contributed by atoms with Crippen molar-refractivity contribution in [3.8, 4) is 0 Å². The molecule has 0 amide bonds. The quantitative estimate of drug-likeness (QED) is 0.769. The Morgan fingerprint density at radius 1 is 1.10 bits per heavy atom. The summed E-state index contributed by atoms with van der Waals surface area (Å²) in [5.74, 6) is -3.78. The van der Waals surface area contributed by atoms with Gasteiger partial charge >= 0.3 is 0 Å². The highest BCUT2D eigenvalue weighted by atomic mass is 79.9. The minimum atomic E-state index is -1.44. The van der Waals surface area contributed by atoms with Crippen LogP contribution in [0, 0.1) is 24.4 Å². The van der Waals surface area contributed by atoms with E-state index < -0.39 is 23.5 Å². The standard InChI is InChI=1S/C16H15BrF3N/c1-3-21-16(10-5-4-9(2)12(17)8-10)11-6-7-13(18)15(20)14(11)19/h4-8,16,21H,3H2,1-2H3. The number of halogens is 4. The minimum Gasteiger partial charge on any atom is -0.306 e. The molecule has 1 N–H and O–H groups in total. The fraction of sp³-hybridized carbons (Fsp3) is 0.250. The maximum atomic E-state index is 14.0. The Morgan fingerprint density at radius 2 is 1.81 bits per heavy atom. The van der Waals surface area contributed by atoms with E-state index in [-0.39, 0.29) is 5.56 Å². The van der Waals surface area contributed by atoms with Crippen LogP contribution in [-0.4, -0.2) is 6.54 Å². The molecular formula is C16H15BrF3N. The first-order valence-electron chi connectivity index (χ1n) is 6.58.